The van der Waals surface area contributed by atoms with Crippen LogP contribution in [0.25, 0.3) is 35.7 Å². The lowest BCUT2D eigenvalue weighted by Gasteiger charge is -1.95. The van der Waals surface area contributed by atoms with E-state index in [-0.39, 0.29) is 0 Å². The fourth-order valence-electron chi connectivity index (χ4n) is 3.05. The first-order valence-electron chi connectivity index (χ1n) is 8.49. The summed E-state index contributed by atoms with van der Waals surface area (Å²) in [6.45, 7) is 1.98. The summed E-state index contributed by atoms with van der Waals surface area (Å²) in [5.41, 5.74) is 1.43. The van der Waals surface area contributed by atoms with Crippen molar-refractivity contribution >= 4 is 39.6 Å². The van der Waals surface area contributed by atoms with E-state index in [9.17, 15) is 0 Å². The molecule has 5 rings (SSSR count). The van der Waals surface area contributed by atoms with Crippen LogP contribution in [0.5, 0.6) is 0 Å². The van der Waals surface area contributed by atoms with E-state index in [0.29, 0.717) is 0 Å². The lowest BCUT2D eigenvalue weighted by Crippen LogP contribution is -1.70. The minimum atomic E-state index is 0.953. The second kappa shape index (κ2) is 6.54. The molecule has 0 radical (unpaired) electrons. The van der Waals surface area contributed by atoms with E-state index in [2.05, 4.69) is 54.6 Å². The monoisotopic (exact) mass is 392 g/mol. The van der Waals surface area contributed by atoms with Crippen LogP contribution in [0.15, 0.2) is 71.2 Å². The molecule has 0 aromatic carbocycles. The normalized spacial score (nSPS) is 13.5. The Morgan fingerprint density at radius 2 is 1.27 bits per heavy atom. The van der Waals surface area contributed by atoms with Crippen LogP contribution in [0, 0.1) is 6.92 Å². The molecule has 4 heteroatoms. The second-order valence-corrected chi connectivity index (χ2v) is 9.48. The first-order chi connectivity index (χ1) is 12.8. The van der Waals surface area contributed by atoms with Gasteiger partial charge in [-0.3, -0.25) is 0 Å². The average molecular weight is 393 g/mol. The summed E-state index contributed by atoms with van der Waals surface area (Å²) < 4.78 is 5.75. The summed E-state index contributed by atoms with van der Waals surface area (Å²) in [5, 5.41) is 0. The molecule has 4 aromatic heterocycles. The first-order valence-corrected chi connectivity index (χ1v) is 10.9. The molecule has 1 nitrogen and oxygen atoms in total. The van der Waals surface area contributed by atoms with E-state index in [4.69, 9.17) is 4.42 Å². The third-order valence-corrected chi connectivity index (χ3v) is 8.11. The van der Waals surface area contributed by atoms with Gasteiger partial charge in [0.15, 0.2) is 0 Å². The summed E-state index contributed by atoms with van der Waals surface area (Å²) >= 11 is 5.54. The predicted molar refractivity (Wildman–Crippen MR) is 115 cm³/mol. The van der Waals surface area contributed by atoms with E-state index in [0.717, 1.165) is 17.9 Å². The van der Waals surface area contributed by atoms with Crippen molar-refractivity contribution in [3.63, 3.8) is 0 Å². The van der Waals surface area contributed by atoms with E-state index in [1.165, 1.54) is 34.8 Å². The largest absolute Gasteiger partial charge is 0.461 e. The maximum absolute atomic E-state index is 5.75. The van der Waals surface area contributed by atoms with Crippen LogP contribution >= 0.6 is 34.0 Å². The highest BCUT2D eigenvalue weighted by atomic mass is 32.1. The minimum Gasteiger partial charge on any atom is -0.461 e. The van der Waals surface area contributed by atoms with Crippen LogP contribution in [-0.2, 0) is 0 Å². The number of aryl methyl sites for hydroxylation is 1. The number of allylic oxidation sites excluding steroid dienone is 4. The van der Waals surface area contributed by atoms with Gasteiger partial charge >= 0.3 is 0 Å². The van der Waals surface area contributed by atoms with Gasteiger partial charge in [0.2, 0.25) is 0 Å². The molecule has 0 amide bonds. The Morgan fingerprint density at radius 3 is 1.85 bits per heavy atom. The van der Waals surface area contributed by atoms with Crippen LogP contribution in [0.1, 0.15) is 17.1 Å². The molecule has 0 bridgehead atoms. The van der Waals surface area contributed by atoms with Gasteiger partial charge < -0.3 is 4.42 Å². The molecule has 0 aliphatic heterocycles. The highest BCUT2D eigenvalue weighted by Crippen LogP contribution is 2.43. The molecular formula is C22H16OS3. The smallest absolute Gasteiger partial charge is 0.144 e. The molecule has 0 unspecified atom stereocenters. The Hall–Kier alpha value is -2.14. The molecule has 4 heterocycles. The van der Waals surface area contributed by atoms with Crippen molar-refractivity contribution in [1.82, 2.24) is 0 Å². The molecule has 4 aromatic rings. The van der Waals surface area contributed by atoms with Crippen LogP contribution in [-0.4, -0.2) is 0 Å². The molecule has 0 N–H and O–H groups in total. The van der Waals surface area contributed by atoms with Crippen LogP contribution in [0.3, 0.4) is 0 Å². The zero-order valence-electron chi connectivity index (χ0n) is 14.2. The van der Waals surface area contributed by atoms with Gasteiger partial charge in [0, 0.05) is 24.4 Å². The lowest BCUT2D eigenvalue weighted by atomic mass is 10.2. The van der Waals surface area contributed by atoms with Crippen LogP contribution in [0.2, 0.25) is 0 Å². The van der Waals surface area contributed by atoms with Crippen LogP contribution < -0.4 is 0 Å². The Balaban J connectivity index is 1.41. The summed E-state index contributed by atoms with van der Waals surface area (Å²) in [7, 11) is 0. The average Bonchev–Trinajstić information content (AvgIpc) is 3.44. The van der Waals surface area contributed by atoms with E-state index < -0.39 is 0 Å². The molecular weight excluding hydrogens is 376 g/mol. The Bertz CT molecular complexity index is 1130. The standard InChI is InChI=1S/C22H16OS3/c1-14-6-7-16(23-14)18-9-11-20(25-18)22-13-12-21(26-22)19-10-8-17(24-19)15-4-2-3-5-15/h2-4,6-13H,5H2,1H3. The third kappa shape index (κ3) is 2.94. The second-order valence-electron chi connectivity index (χ2n) is 6.23. The van der Waals surface area contributed by atoms with Crippen molar-refractivity contribution in [2.24, 2.45) is 0 Å². The number of rotatable bonds is 4. The maximum Gasteiger partial charge on any atom is 0.144 e. The van der Waals surface area contributed by atoms with Crippen molar-refractivity contribution in [1.29, 1.82) is 0 Å². The number of hydrogen-bond donors (Lipinski definition) is 0. The molecule has 1 aliphatic carbocycles. The van der Waals surface area contributed by atoms with Gasteiger partial charge in [0.1, 0.15) is 11.5 Å². The number of thiophene rings is 3. The van der Waals surface area contributed by atoms with Gasteiger partial charge in [-0.25, -0.2) is 0 Å². The summed E-state index contributed by atoms with van der Waals surface area (Å²) in [6, 6.07) is 17.4. The third-order valence-electron chi connectivity index (χ3n) is 4.37. The lowest BCUT2D eigenvalue weighted by molar-refractivity contribution is 0.549. The first kappa shape index (κ1) is 16.1. The fourth-order valence-corrected chi connectivity index (χ4v) is 6.24. The number of hydrogen-bond acceptors (Lipinski definition) is 4. The number of furan rings is 1. The van der Waals surface area contributed by atoms with Crippen molar-refractivity contribution in [3.05, 3.63) is 77.4 Å². The molecule has 0 saturated heterocycles. The van der Waals surface area contributed by atoms with Gasteiger partial charge in [-0.05, 0) is 67.4 Å². The molecule has 0 spiro atoms. The van der Waals surface area contributed by atoms with E-state index >= 15 is 0 Å². The Morgan fingerprint density at radius 1 is 0.692 bits per heavy atom. The molecule has 1 aliphatic rings. The molecule has 0 saturated carbocycles. The molecule has 128 valence electrons. The van der Waals surface area contributed by atoms with Gasteiger partial charge in [0.05, 0.1) is 4.88 Å². The zero-order chi connectivity index (χ0) is 17.5. The van der Waals surface area contributed by atoms with Gasteiger partial charge in [0.25, 0.3) is 0 Å². The van der Waals surface area contributed by atoms with Crippen molar-refractivity contribution in [3.8, 4) is 30.1 Å². The summed E-state index contributed by atoms with van der Waals surface area (Å²) in [6.07, 6.45) is 7.64. The Kier molecular flexibility index (Phi) is 4.04. The molecule has 0 atom stereocenters. The summed E-state index contributed by atoms with van der Waals surface area (Å²) in [5.74, 6) is 1.91. The van der Waals surface area contributed by atoms with Gasteiger partial charge in [-0.2, -0.15) is 0 Å². The predicted octanol–water partition coefficient (Wildman–Crippen LogP) is 8.12. The van der Waals surface area contributed by atoms with Gasteiger partial charge in [-0.15, -0.1) is 34.0 Å². The topological polar surface area (TPSA) is 13.1 Å². The van der Waals surface area contributed by atoms with Crippen molar-refractivity contribution < 1.29 is 4.42 Å². The molecule has 0 fully saturated rings. The fraction of sp³-hybridized carbons (Fsp3) is 0.0909. The zero-order valence-corrected chi connectivity index (χ0v) is 16.6. The Labute approximate surface area is 164 Å². The maximum atomic E-state index is 5.75. The quantitative estimate of drug-likeness (QED) is 0.342. The van der Waals surface area contributed by atoms with Crippen LogP contribution in [0.4, 0.5) is 0 Å². The highest BCUT2D eigenvalue weighted by molar-refractivity contribution is 7.27. The minimum absolute atomic E-state index is 0.953. The van der Waals surface area contributed by atoms with E-state index in [1.807, 2.05) is 41.7 Å². The highest BCUT2D eigenvalue weighted by Gasteiger charge is 2.13. The molecule has 26 heavy (non-hydrogen) atoms. The SMILES string of the molecule is Cc1ccc(-c2ccc(-c3ccc(-c4ccc(C5=CC=CC5)s4)s3)s2)o1. The summed E-state index contributed by atoms with van der Waals surface area (Å²) in [4.78, 5) is 7.86. The van der Waals surface area contributed by atoms with Crippen molar-refractivity contribution in [2.75, 3.05) is 0 Å². The van der Waals surface area contributed by atoms with Gasteiger partial charge in [-0.1, -0.05) is 18.2 Å². The van der Waals surface area contributed by atoms with Crippen molar-refractivity contribution in [2.45, 2.75) is 13.3 Å². The van der Waals surface area contributed by atoms with E-state index in [1.54, 1.807) is 11.3 Å².